The normalized spacial score (nSPS) is 14.4. The van der Waals surface area contributed by atoms with Gasteiger partial charge in [0.2, 0.25) is 11.8 Å². The summed E-state index contributed by atoms with van der Waals surface area (Å²) in [6, 6.07) is 14.2. The van der Waals surface area contributed by atoms with E-state index in [4.69, 9.17) is 4.74 Å². The van der Waals surface area contributed by atoms with Crippen molar-refractivity contribution in [2.24, 2.45) is 5.92 Å². The summed E-state index contributed by atoms with van der Waals surface area (Å²) in [5, 5.41) is 5.73. The van der Waals surface area contributed by atoms with Crippen molar-refractivity contribution in [3.63, 3.8) is 0 Å². The molecule has 1 heterocycles. The van der Waals surface area contributed by atoms with Crippen molar-refractivity contribution in [1.29, 1.82) is 0 Å². The highest BCUT2D eigenvalue weighted by atomic mass is 16.5. The predicted octanol–water partition coefficient (Wildman–Crippen LogP) is 3.07. The molecule has 0 radical (unpaired) electrons. The second-order valence-electron chi connectivity index (χ2n) is 9.11. The lowest BCUT2D eigenvalue weighted by Crippen LogP contribution is -2.52. The van der Waals surface area contributed by atoms with Crippen molar-refractivity contribution in [2.75, 3.05) is 49.6 Å². The number of carbonyl (C=O) groups is 3. The maximum atomic E-state index is 13.3. The van der Waals surface area contributed by atoms with Crippen LogP contribution in [0.25, 0.3) is 0 Å². The smallest absolute Gasteiger partial charge is 0.251 e. The Morgan fingerprint density at radius 3 is 2.34 bits per heavy atom. The first-order chi connectivity index (χ1) is 16.8. The van der Waals surface area contributed by atoms with Crippen LogP contribution in [0.3, 0.4) is 0 Å². The van der Waals surface area contributed by atoms with Gasteiger partial charge >= 0.3 is 0 Å². The summed E-state index contributed by atoms with van der Waals surface area (Å²) in [7, 11) is 0. The Hall–Kier alpha value is -3.39. The summed E-state index contributed by atoms with van der Waals surface area (Å²) in [6.45, 7) is 10.9. The molecule has 1 fully saturated rings. The van der Waals surface area contributed by atoms with Crippen molar-refractivity contribution in [1.82, 2.24) is 10.2 Å². The fraction of sp³-hybridized carbons (Fsp3) is 0.444. The van der Waals surface area contributed by atoms with Gasteiger partial charge in [-0.05, 0) is 56.2 Å². The van der Waals surface area contributed by atoms with Crippen LogP contribution in [-0.4, -0.2) is 68.1 Å². The van der Waals surface area contributed by atoms with Gasteiger partial charge in [-0.25, -0.2) is 0 Å². The summed E-state index contributed by atoms with van der Waals surface area (Å²) in [5.41, 5.74) is 3.23. The number of hydrogen-bond donors (Lipinski definition) is 2. The monoisotopic (exact) mass is 480 g/mol. The zero-order valence-corrected chi connectivity index (χ0v) is 21.0. The molecule has 188 valence electrons. The van der Waals surface area contributed by atoms with Gasteiger partial charge in [0.1, 0.15) is 6.04 Å². The minimum absolute atomic E-state index is 0.0932. The topological polar surface area (TPSA) is 91.0 Å². The van der Waals surface area contributed by atoms with E-state index in [0.717, 1.165) is 24.3 Å². The number of morpholine rings is 1. The highest BCUT2D eigenvalue weighted by Crippen LogP contribution is 2.19. The Labute approximate surface area is 207 Å². The summed E-state index contributed by atoms with van der Waals surface area (Å²) >= 11 is 0. The molecule has 3 amide bonds. The van der Waals surface area contributed by atoms with E-state index >= 15 is 0 Å². The van der Waals surface area contributed by atoms with Crippen LogP contribution in [0.4, 0.5) is 11.4 Å². The maximum absolute atomic E-state index is 13.3. The number of benzene rings is 2. The average Bonchev–Trinajstić information content (AvgIpc) is 2.86. The Bertz CT molecular complexity index is 1020. The maximum Gasteiger partial charge on any atom is 0.251 e. The van der Waals surface area contributed by atoms with Gasteiger partial charge in [0.15, 0.2) is 0 Å². The van der Waals surface area contributed by atoms with Gasteiger partial charge in [0.05, 0.1) is 19.8 Å². The number of nitrogens with zero attached hydrogens (tertiary/aromatic N) is 2. The van der Waals surface area contributed by atoms with E-state index in [1.54, 1.807) is 12.1 Å². The first-order valence-corrected chi connectivity index (χ1v) is 12.2. The summed E-state index contributed by atoms with van der Waals surface area (Å²) in [4.78, 5) is 42.5. The van der Waals surface area contributed by atoms with Crippen molar-refractivity contribution in [3.8, 4) is 0 Å². The molecule has 0 saturated carbocycles. The van der Waals surface area contributed by atoms with Crippen molar-refractivity contribution in [3.05, 3.63) is 59.7 Å². The van der Waals surface area contributed by atoms with Gasteiger partial charge in [0, 0.05) is 36.6 Å². The number of nitrogens with one attached hydrogen (secondary N) is 2. The Kier molecular flexibility index (Phi) is 9.25. The molecule has 2 aromatic carbocycles. The molecule has 3 rings (SSSR count). The lowest BCUT2D eigenvalue weighted by molar-refractivity contribution is -0.137. The fourth-order valence-electron chi connectivity index (χ4n) is 4.02. The van der Waals surface area contributed by atoms with E-state index in [9.17, 15) is 14.4 Å². The summed E-state index contributed by atoms with van der Waals surface area (Å²) in [5.74, 6) is -1.00. The number of aryl methyl sites for hydroxylation is 1. The Morgan fingerprint density at radius 1 is 1.06 bits per heavy atom. The van der Waals surface area contributed by atoms with Crippen LogP contribution in [0.2, 0.25) is 0 Å². The lowest BCUT2D eigenvalue weighted by Gasteiger charge is -2.29. The van der Waals surface area contributed by atoms with Gasteiger partial charge in [-0.2, -0.15) is 0 Å². The van der Waals surface area contributed by atoms with Crippen molar-refractivity contribution >= 4 is 29.1 Å². The quantitative estimate of drug-likeness (QED) is 0.576. The molecule has 1 saturated heterocycles. The molecule has 2 aromatic rings. The number of ether oxygens (including phenoxy) is 1. The zero-order chi connectivity index (χ0) is 25.4. The fourth-order valence-corrected chi connectivity index (χ4v) is 4.02. The highest BCUT2D eigenvalue weighted by molar-refractivity contribution is 5.99. The molecule has 0 aromatic heterocycles. The molecule has 0 bridgehead atoms. The van der Waals surface area contributed by atoms with Gasteiger partial charge in [0.25, 0.3) is 5.91 Å². The second kappa shape index (κ2) is 12.4. The number of carbonyl (C=O) groups excluding carboxylic acids is 3. The minimum Gasteiger partial charge on any atom is -0.378 e. The van der Waals surface area contributed by atoms with E-state index in [-0.39, 0.29) is 30.2 Å². The third-order valence-corrected chi connectivity index (χ3v) is 6.05. The third kappa shape index (κ3) is 7.29. The summed E-state index contributed by atoms with van der Waals surface area (Å²) < 4.78 is 5.39. The molecule has 8 heteroatoms. The van der Waals surface area contributed by atoms with Gasteiger partial charge < -0.3 is 25.2 Å². The largest absolute Gasteiger partial charge is 0.378 e. The summed E-state index contributed by atoms with van der Waals surface area (Å²) in [6.07, 6.45) is 0. The van der Waals surface area contributed by atoms with E-state index < -0.39 is 6.04 Å². The molecular formula is C27H36N4O4. The highest BCUT2D eigenvalue weighted by Gasteiger charge is 2.29. The number of amides is 3. The van der Waals surface area contributed by atoms with Gasteiger partial charge in [-0.15, -0.1) is 0 Å². The second-order valence-corrected chi connectivity index (χ2v) is 9.11. The van der Waals surface area contributed by atoms with E-state index in [1.807, 2.05) is 64.1 Å². The van der Waals surface area contributed by atoms with E-state index in [1.165, 1.54) is 4.90 Å². The van der Waals surface area contributed by atoms with Crippen LogP contribution in [0, 0.1) is 12.8 Å². The standard InChI is InChI=1S/C27H36N4O4/c1-5-30(27(34)25(19(2)3)29-26(33)21-8-6-7-20(4)17-21)18-24(32)28-22-9-11-23(12-10-22)31-13-15-35-16-14-31/h6-12,17,19,25H,5,13-16,18H2,1-4H3,(H,28,32)(H,29,33)/t25-/m0/s1. The molecule has 1 aliphatic heterocycles. The predicted molar refractivity (Wildman–Crippen MR) is 138 cm³/mol. The third-order valence-electron chi connectivity index (χ3n) is 6.05. The molecule has 1 aliphatic rings. The molecule has 2 N–H and O–H groups in total. The molecule has 8 nitrogen and oxygen atoms in total. The number of rotatable bonds is 9. The van der Waals surface area contributed by atoms with Crippen LogP contribution in [-0.2, 0) is 14.3 Å². The first kappa shape index (κ1) is 26.2. The first-order valence-electron chi connectivity index (χ1n) is 12.2. The Balaban J connectivity index is 1.60. The SMILES string of the molecule is CCN(CC(=O)Nc1ccc(N2CCOCC2)cc1)C(=O)[C@@H](NC(=O)c1cccc(C)c1)C(C)C. The number of hydrogen-bond acceptors (Lipinski definition) is 5. The van der Waals surface area contributed by atoms with E-state index in [0.29, 0.717) is 31.0 Å². The molecule has 1 atom stereocenters. The van der Waals surface area contributed by atoms with Crippen LogP contribution in [0.5, 0.6) is 0 Å². The zero-order valence-electron chi connectivity index (χ0n) is 21.0. The molecule has 0 spiro atoms. The Morgan fingerprint density at radius 2 is 1.74 bits per heavy atom. The molecule has 0 unspecified atom stereocenters. The van der Waals surface area contributed by atoms with E-state index in [2.05, 4.69) is 15.5 Å². The van der Waals surface area contributed by atoms with Crippen LogP contribution in [0.1, 0.15) is 36.7 Å². The van der Waals surface area contributed by atoms with Crippen LogP contribution in [0.15, 0.2) is 48.5 Å². The average molecular weight is 481 g/mol. The molecule has 0 aliphatic carbocycles. The van der Waals surface area contributed by atoms with Crippen molar-refractivity contribution < 1.29 is 19.1 Å². The van der Waals surface area contributed by atoms with Gasteiger partial charge in [-0.1, -0.05) is 31.5 Å². The lowest BCUT2D eigenvalue weighted by atomic mass is 10.0. The number of likely N-dealkylation sites (N-methyl/N-ethyl adjacent to an activating group) is 1. The number of anilines is 2. The minimum atomic E-state index is -0.733. The molecular weight excluding hydrogens is 444 g/mol. The van der Waals surface area contributed by atoms with Crippen molar-refractivity contribution in [2.45, 2.75) is 33.7 Å². The van der Waals surface area contributed by atoms with Crippen LogP contribution >= 0.6 is 0 Å². The molecule has 35 heavy (non-hydrogen) atoms. The van der Waals surface area contributed by atoms with Gasteiger partial charge in [-0.3, -0.25) is 14.4 Å². The van der Waals surface area contributed by atoms with Crippen LogP contribution < -0.4 is 15.5 Å².